The molecule has 0 amide bonds. The van der Waals surface area contributed by atoms with E-state index in [-0.39, 0.29) is 0 Å². The van der Waals surface area contributed by atoms with Gasteiger partial charge < -0.3 is 10.4 Å². The van der Waals surface area contributed by atoms with Gasteiger partial charge in [-0.25, -0.2) is 4.79 Å². The fourth-order valence-corrected chi connectivity index (χ4v) is 1.91. The van der Waals surface area contributed by atoms with E-state index in [4.69, 9.17) is 5.11 Å². The van der Waals surface area contributed by atoms with Crippen LogP contribution in [0.3, 0.4) is 0 Å². The van der Waals surface area contributed by atoms with Gasteiger partial charge in [-0.2, -0.15) is 0 Å². The quantitative estimate of drug-likeness (QED) is 0.846. The smallest absolute Gasteiger partial charge is 0.335 e. The van der Waals surface area contributed by atoms with E-state index in [0.29, 0.717) is 5.56 Å². The molecule has 0 bridgehead atoms. The Kier molecular flexibility index (Phi) is 4.18. The lowest BCUT2D eigenvalue weighted by molar-refractivity contribution is 0.0697. The number of aromatic carboxylic acids is 1. The zero-order valence-electron chi connectivity index (χ0n) is 10.9. The van der Waals surface area contributed by atoms with Crippen LogP contribution < -0.4 is 5.32 Å². The summed E-state index contributed by atoms with van der Waals surface area (Å²) in [6, 6.07) is 15.0. The van der Waals surface area contributed by atoms with Gasteiger partial charge in [-0.1, -0.05) is 25.5 Å². The fraction of sp³-hybridized carbons (Fsp3) is 0.188. The van der Waals surface area contributed by atoms with Crippen LogP contribution in [-0.4, -0.2) is 11.1 Å². The zero-order chi connectivity index (χ0) is 13.7. The van der Waals surface area contributed by atoms with Crippen LogP contribution in [0, 0.1) is 0 Å². The summed E-state index contributed by atoms with van der Waals surface area (Å²) in [6.45, 7) is 2.16. The van der Waals surface area contributed by atoms with Crippen molar-refractivity contribution in [2.24, 2.45) is 0 Å². The van der Waals surface area contributed by atoms with Crippen molar-refractivity contribution in [3.63, 3.8) is 0 Å². The summed E-state index contributed by atoms with van der Waals surface area (Å²) >= 11 is 0. The molecule has 0 saturated heterocycles. The molecule has 19 heavy (non-hydrogen) atoms. The van der Waals surface area contributed by atoms with E-state index in [2.05, 4.69) is 24.4 Å². The minimum atomic E-state index is -0.907. The third-order valence-electron chi connectivity index (χ3n) is 2.91. The highest BCUT2D eigenvalue weighted by molar-refractivity contribution is 5.88. The van der Waals surface area contributed by atoms with Gasteiger partial charge in [0.25, 0.3) is 0 Å². The second kappa shape index (κ2) is 6.05. The molecule has 0 saturated carbocycles. The van der Waals surface area contributed by atoms with Gasteiger partial charge in [-0.3, -0.25) is 0 Å². The molecule has 2 N–H and O–H groups in total. The van der Waals surface area contributed by atoms with E-state index in [1.54, 1.807) is 24.3 Å². The van der Waals surface area contributed by atoms with E-state index < -0.39 is 5.97 Å². The molecule has 3 heteroatoms. The standard InChI is InChI=1S/C16H17NO2/c1-2-3-12-4-8-14(9-5-12)17-15-10-6-13(7-11-15)16(18)19/h4-11,17H,2-3H2,1H3,(H,18,19). The van der Waals surface area contributed by atoms with Crippen molar-refractivity contribution in [1.82, 2.24) is 0 Å². The summed E-state index contributed by atoms with van der Waals surface area (Å²) in [5.74, 6) is -0.907. The maximum atomic E-state index is 10.7. The largest absolute Gasteiger partial charge is 0.478 e. The van der Waals surface area contributed by atoms with Crippen molar-refractivity contribution in [1.29, 1.82) is 0 Å². The predicted octanol–water partition coefficient (Wildman–Crippen LogP) is 4.08. The maximum Gasteiger partial charge on any atom is 0.335 e. The van der Waals surface area contributed by atoms with Crippen LogP contribution in [0.15, 0.2) is 48.5 Å². The van der Waals surface area contributed by atoms with Crippen LogP contribution in [-0.2, 0) is 6.42 Å². The molecule has 0 aromatic heterocycles. The first-order valence-corrected chi connectivity index (χ1v) is 6.38. The van der Waals surface area contributed by atoms with Gasteiger partial charge >= 0.3 is 5.97 Å². The highest BCUT2D eigenvalue weighted by Gasteiger charge is 2.01. The van der Waals surface area contributed by atoms with Gasteiger partial charge in [0.05, 0.1) is 5.56 Å². The number of carboxylic acids is 1. The number of hydrogen-bond donors (Lipinski definition) is 2. The molecule has 0 aliphatic rings. The van der Waals surface area contributed by atoms with Crippen molar-refractivity contribution in [3.05, 3.63) is 59.7 Å². The molecule has 2 rings (SSSR count). The number of carboxylic acid groups (broad SMARTS) is 1. The van der Waals surface area contributed by atoms with E-state index >= 15 is 0 Å². The summed E-state index contributed by atoms with van der Waals surface area (Å²) in [5.41, 5.74) is 3.51. The average Bonchev–Trinajstić information content (AvgIpc) is 2.42. The molecule has 98 valence electrons. The van der Waals surface area contributed by atoms with E-state index in [9.17, 15) is 4.79 Å². The zero-order valence-corrected chi connectivity index (χ0v) is 10.9. The molecule has 0 aliphatic heterocycles. The first kappa shape index (κ1) is 13.1. The summed E-state index contributed by atoms with van der Waals surface area (Å²) in [6.07, 6.45) is 2.23. The van der Waals surface area contributed by atoms with Crippen molar-refractivity contribution in [2.45, 2.75) is 19.8 Å². The Morgan fingerprint density at radius 1 is 1.00 bits per heavy atom. The Morgan fingerprint density at radius 2 is 1.53 bits per heavy atom. The first-order chi connectivity index (χ1) is 9.19. The Morgan fingerprint density at radius 3 is 2.00 bits per heavy atom. The summed E-state index contributed by atoms with van der Waals surface area (Å²) in [7, 11) is 0. The summed E-state index contributed by atoms with van der Waals surface area (Å²) in [4.78, 5) is 10.7. The predicted molar refractivity (Wildman–Crippen MR) is 77.1 cm³/mol. The second-order valence-electron chi connectivity index (χ2n) is 4.45. The molecule has 2 aromatic carbocycles. The molecule has 0 unspecified atom stereocenters. The van der Waals surface area contributed by atoms with Crippen molar-refractivity contribution in [2.75, 3.05) is 5.32 Å². The minimum Gasteiger partial charge on any atom is -0.478 e. The van der Waals surface area contributed by atoms with Gasteiger partial charge in [0.15, 0.2) is 0 Å². The molecule has 2 aromatic rings. The van der Waals surface area contributed by atoms with E-state index in [1.807, 2.05) is 12.1 Å². The third-order valence-corrected chi connectivity index (χ3v) is 2.91. The van der Waals surface area contributed by atoms with Gasteiger partial charge in [0.1, 0.15) is 0 Å². The van der Waals surface area contributed by atoms with Crippen LogP contribution in [0.25, 0.3) is 0 Å². The topological polar surface area (TPSA) is 49.3 Å². The molecule has 0 fully saturated rings. The molecule has 3 nitrogen and oxygen atoms in total. The third kappa shape index (κ3) is 3.58. The molecule has 0 aliphatic carbocycles. The summed E-state index contributed by atoms with van der Waals surface area (Å²) < 4.78 is 0. The highest BCUT2D eigenvalue weighted by atomic mass is 16.4. The molecular formula is C16H17NO2. The van der Waals surface area contributed by atoms with Crippen LogP contribution in [0.5, 0.6) is 0 Å². The Hall–Kier alpha value is -2.29. The van der Waals surface area contributed by atoms with Crippen LogP contribution in [0.4, 0.5) is 11.4 Å². The first-order valence-electron chi connectivity index (χ1n) is 6.38. The second-order valence-corrected chi connectivity index (χ2v) is 4.45. The fourth-order valence-electron chi connectivity index (χ4n) is 1.91. The van der Waals surface area contributed by atoms with Gasteiger partial charge in [-0.05, 0) is 48.4 Å². The number of carbonyl (C=O) groups is 1. The monoisotopic (exact) mass is 255 g/mol. The lowest BCUT2D eigenvalue weighted by atomic mass is 10.1. The molecule has 0 spiro atoms. The molecule has 0 atom stereocenters. The summed E-state index contributed by atoms with van der Waals surface area (Å²) in [5, 5.41) is 12.1. The molecule has 0 heterocycles. The average molecular weight is 255 g/mol. The van der Waals surface area contributed by atoms with Crippen LogP contribution >= 0.6 is 0 Å². The maximum absolute atomic E-state index is 10.7. The van der Waals surface area contributed by atoms with Crippen molar-refractivity contribution >= 4 is 17.3 Å². The number of hydrogen-bond acceptors (Lipinski definition) is 2. The van der Waals surface area contributed by atoms with E-state index in [0.717, 1.165) is 24.2 Å². The number of benzene rings is 2. The Labute approximate surface area is 112 Å². The number of nitrogens with one attached hydrogen (secondary N) is 1. The number of rotatable bonds is 5. The van der Waals surface area contributed by atoms with Gasteiger partial charge in [0.2, 0.25) is 0 Å². The van der Waals surface area contributed by atoms with Crippen LogP contribution in [0.1, 0.15) is 29.3 Å². The minimum absolute atomic E-state index is 0.295. The lowest BCUT2D eigenvalue weighted by Gasteiger charge is -2.07. The van der Waals surface area contributed by atoms with Gasteiger partial charge in [-0.15, -0.1) is 0 Å². The molecule has 0 radical (unpaired) electrons. The lowest BCUT2D eigenvalue weighted by Crippen LogP contribution is -1.96. The highest BCUT2D eigenvalue weighted by Crippen LogP contribution is 2.18. The van der Waals surface area contributed by atoms with Crippen LogP contribution in [0.2, 0.25) is 0 Å². The molecular weight excluding hydrogens is 238 g/mol. The number of anilines is 2. The number of aryl methyl sites for hydroxylation is 1. The SMILES string of the molecule is CCCc1ccc(Nc2ccc(C(=O)O)cc2)cc1. The van der Waals surface area contributed by atoms with E-state index in [1.165, 1.54) is 5.56 Å². The van der Waals surface area contributed by atoms with Crippen molar-refractivity contribution < 1.29 is 9.90 Å². The van der Waals surface area contributed by atoms with Crippen molar-refractivity contribution in [3.8, 4) is 0 Å². The normalized spacial score (nSPS) is 10.2. The Balaban J connectivity index is 2.06. The Bertz CT molecular complexity index is 544. The van der Waals surface area contributed by atoms with Gasteiger partial charge in [0, 0.05) is 11.4 Å².